The Bertz CT molecular complexity index is 895. The van der Waals surface area contributed by atoms with Gasteiger partial charge in [0, 0.05) is 10.9 Å². The summed E-state index contributed by atoms with van der Waals surface area (Å²) >= 11 is 0. The molecule has 0 saturated carbocycles. The summed E-state index contributed by atoms with van der Waals surface area (Å²) in [5, 5.41) is 10.5. The second-order valence-electron chi connectivity index (χ2n) is 5.05. The van der Waals surface area contributed by atoms with E-state index in [-0.39, 0.29) is 5.97 Å². The highest BCUT2D eigenvalue weighted by molar-refractivity contribution is 5.94. The van der Waals surface area contributed by atoms with Crippen LogP contribution in [0.25, 0.3) is 22.6 Å². The quantitative estimate of drug-likeness (QED) is 0.587. The second kappa shape index (κ2) is 6.20. The molecule has 1 aromatic heterocycles. The van der Waals surface area contributed by atoms with E-state index >= 15 is 0 Å². The highest BCUT2D eigenvalue weighted by Gasteiger charge is 2.07. The largest absolute Gasteiger partial charge is 0.465 e. The Hall–Kier alpha value is -3.32. The smallest absolute Gasteiger partial charge is 0.337 e. The summed E-state index contributed by atoms with van der Waals surface area (Å²) in [5.41, 5.74) is 3.61. The molecular formula is C19H14N2O2. The summed E-state index contributed by atoms with van der Waals surface area (Å²) in [6, 6.07) is 19.0. The van der Waals surface area contributed by atoms with Crippen molar-refractivity contribution >= 4 is 28.5 Å². The average Bonchev–Trinajstić information content (AvgIpc) is 3.03. The molecule has 2 aromatic carbocycles. The fourth-order valence-electron chi connectivity index (χ4n) is 2.39. The second-order valence-corrected chi connectivity index (χ2v) is 5.05. The predicted molar refractivity (Wildman–Crippen MR) is 89.6 cm³/mol. The third-order valence-electron chi connectivity index (χ3n) is 3.58. The number of rotatable bonds is 3. The number of hydrogen-bond acceptors (Lipinski definition) is 3. The first-order valence-electron chi connectivity index (χ1n) is 7.09. The summed E-state index contributed by atoms with van der Waals surface area (Å²) in [4.78, 5) is 14.7. The van der Waals surface area contributed by atoms with Crippen molar-refractivity contribution in [2.24, 2.45) is 0 Å². The van der Waals surface area contributed by atoms with E-state index in [0.717, 1.165) is 22.2 Å². The van der Waals surface area contributed by atoms with Crippen LogP contribution in [0, 0.1) is 11.3 Å². The van der Waals surface area contributed by atoms with Gasteiger partial charge < -0.3 is 9.72 Å². The van der Waals surface area contributed by atoms with Gasteiger partial charge in [0.05, 0.1) is 23.9 Å². The number of H-pyrrole nitrogens is 1. The molecule has 0 aliphatic carbocycles. The molecule has 0 atom stereocenters. The van der Waals surface area contributed by atoms with E-state index in [0.29, 0.717) is 11.1 Å². The van der Waals surface area contributed by atoms with Gasteiger partial charge in [0.25, 0.3) is 0 Å². The van der Waals surface area contributed by atoms with Crippen molar-refractivity contribution in [1.82, 2.24) is 4.98 Å². The Kier molecular flexibility index (Phi) is 3.94. The Morgan fingerprint density at radius 3 is 2.57 bits per heavy atom. The lowest BCUT2D eigenvalue weighted by Crippen LogP contribution is -2.00. The molecule has 0 spiro atoms. The molecular weight excluding hydrogens is 288 g/mol. The first kappa shape index (κ1) is 14.6. The maximum absolute atomic E-state index is 11.4. The minimum Gasteiger partial charge on any atom is -0.465 e. The number of nitrogens with zero attached hydrogens (tertiary/aromatic N) is 1. The van der Waals surface area contributed by atoms with E-state index in [1.54, 1.807) is 30.3 Å². The van der Waals surface area contributed by atoms with Crippen molar-refractivity contribution < 1.29 is 9.53 Å². The fourth-order valence-corrected chi connectivity index (χ4v) is 2.39. The van der Waals surface area contributed by atoms with Gasteiger partial charge >= 0.3 is 5.97 Å². The molecule has 0 aliphatic rings. The molecule has 0 fully saturated rings. The number of ether oxygens (including phenoxy) is 1. The minimum atomic E-state index is -0.378. The van der Waals surface area contributed by atoms with Crippen molar-refractivity contribution in [2.45, 2.75) is 0 Å². The van der Waals surface area contributed by atoms with Crippen LogP contribution in [0.5, 0.6) is 0 Å². The first-order chi connectivity index (χ1) is 11.2. The van der Waals surface area contributed by atoms with E-state index in [1.165, 1.54) is 7.11 Å². The minimum absolute atomic E-state index is 0.378. The third-order valence-corrected chi connectivity index (χ3v) is 3.58. The highest BCUT2D eigenvalue weighted by Crippen LogP contribution is 2.22. The standard InChI is InChI=1S/C19H14N2O2/c1-23-19(22)14-8-6-13(7-9-14)10-16(12-20)18-11-15-4-2-3-5-17(15)21-18/h2-11,21H,1H3/b16-10+. The van der Waals surface area contributed by atoms with Gasteiger partial charge in [-0.3, -0.25) is 0 Å². The maximum atomic E-state index is 11.4. The highest BCUT2D eigenvalue weighted by atomic mass is 16.5. The van der Waals surface area contributed by atoms with Crippen LogP contribution in [0.1, 0.15) is 21.6 Å². The number of benzene rings is 2. The zero-order chi connectivity index (χ0) is 16.2. The van der Waals surface area contributed by atoms with Crippen molar-refractivity contribution in [3.05, 3.63) is 71.4 Å². The summed E-state index contributed by atoms with van der Waals surface area (Å²) < 4.78 is 4.67. The number of nitrogens with one attached hydrogen (secondary N) is 1. The molecule has 4 nitrogen and oxygen atoms in total. The Balaban J connectivity index is 1.95. The number of esters is 1. The number of fused-ring (bicyclic) bond motifs is 1. The molecule has 4 heteroatoms. The van der Waals surface area contributed by atoms with E-state index in [1.807, 2.05) is 30.3 Å². The van der Waals surface area contributed by atoms with Crippen LogP contribution in [0.4, 0.5) is 0 Å². The zero-order valence-corrected chi connectivity index (χ0v) is 12.5. The average molecular weight is 302 g/mol. The number of para-hydroxylation sites is 1. The normalized spacial score (nSPS) is 11.2. The van der Waals surface area contributed by atoms with Gasteiger partial charge in [-0.25, -0.2) is 4.79 Å². The lowest BCUT2D eigenvalue weighted by molar-refractivity contribution is 0.0600. The van der Waals surface area contributed by atoms with E-state index in [4.69, 9.17) is 0 Å². The van der Waals surface area contributed by atoms with E-state index in [9.17, 15) is 10.1 Å². The molecule has 112 valence electrons. The third kappa shape index (κ3) is 2.99. The van der Waals surface area contributed by atoms with Gasteiger partial charge in [-0.05, 0) is 35.9 Å². The number of carbonyl (C=O) groups is 1. The summed E-state index contributed by atoms with van der Waals surface area (Å²) in [7, 11) is 1.35. The molecule has 0 bridgehead atoms. The molecule has 1 N–H and O–H groups in total. The zero-order valence-electron chi connectivity index (χ0n) is 12.5. The van der Waals surface area contributed by atoms with Gasteiger partial charge in [-0.1, -0.05) is 30.3 Å². The van der Waals surface area contributed by atoms with Crippen LogP contribution in [0.2, 0.25) is 0 Å². The van der Waals surface area contributed by atoms with Gasteiger partial charge in [0.1, 0.15) is 6.07 Å². The van der Waals surface area contributed by atoms with Gasteiger partial charge in [-0.2, -0.15) is 5.26 Å². The Morgan fingerprint density at radius 2 is 1.91 bits per heavy atom. The number of nitriles is 1. The maximum Gasteiger partial charge on any atom is 0.337 e. The number of aromatic nitrogens is 1. The van der Waals surface area contributed by atoms with Gasteiger partial charge in [0.2, 0.25) is 0 Å². The lowest BCUT2D eigenvalue weighted by Gasteiger charge is -2.00. The molecule has 0 radical (unpaired) electrons. The van der Waals surface area contributed by atoms with Crippen LogP contribution >= 0.6 is 0 Å². The molecule has 3 aromatic rings. The lowest BCUT2D eigenvalue weighted by atomic mass is 10.1. The van der Waals surface area contributed by atoms with Crippen LogP contribution < -0.4 is 0 Å². The Morgan fingerprint density at radius 1 is 1.17 bits per heavy atom. The predicted octanol–water partition coefficient (Wildman–Crippen LogP) is 4.02. The number of aromatic amines is 1. The Labute approximate surface area is 133 Å². The molecule has 0 amide bonds. The van der Waals surface area contributed by atoms with Crippen LogP contribution in [0.15, 0.2) is 54.6 Å². The van der Waals surface area contributed by atoms with Crippen molar-refractivity contribution in [2.75, 3.05) is 7.11 Å². The number of allylic oxidation sites excluding steroid dienone is 1. The molecule has 1 heterocycles. The molecule has 0 unspecified atom stereocenters. The SMILES string of the molecule is COC(=O)c1ccc(/C=C(\C#N)c2cc3ccccc3[nH]2)cc1. The van der Waals surface area contributed by atoms with Gasteiger partial charge in [-0.15, -0.1) is 0 Å². The van der Waals surface area contributed by atoms with Crippen molar-refractivity contribution in [1.29, 1.82) is 5.26 Å². The number of carbonyl (C=O) groups excluding carboxylic acids is 1. The van der Waals surface area contributed by atoms with Gasteiger partial charge in [0.15, 0.2) is 0 Å². The summed E-state index contributed by atoms with van der Waals surface area (Å²) in [6.07, 6.45) is 1.78. The monoisotopic (exact) mass is 302 g/mol. The molecule has 0 aliphatic heterocycles. The van der Waals surface area contributed by atoms with E-state index < -0.39 is 0 Å². The molecule has 0 saturated heterocycles. The summed E-state index contributed by atoms with van der Waals surface area (Å²) in [5.74, 6) is -0.378. The molecule has 23 heavy (non-hydrogen) atoms. The van der Waals surface area contributed by atoms with Crippen molar-refractivity contribution in [3.8, 4) is 6.07 Å². The topological polar surface area (TPSA) is 65.9 Å². The van der Waals surface area contributed by atoms with E-state index in [2.05, 4.69) is 15.8 Å². The molecule has 3 rings (SSSR count). The van der Waals surface area contributed by atoms with Crippen LogP contribution in [-0.4, -0.2) is 18.1 Å². The summed E-state index contributed by atoms with van der Waals surface area (Å²) in [6.45, 7) is 0. The number of hydrogen-bond donors (Lipinski definition) is 1. The van der Waals surface area contributed by atoms with Crippen LogP contribution in [-0.2, 0) is 4.74 Å². The van der Waals surface area contributed by atoms with Crippen LogP contribution in [0.3, 0.4) is 0 Å². The first-order valence-corrected chi connectivity index (χ1v) is 7.09. The fraction of sp³-hybridized carbons (Fsp3) is 0.0526. The van der Waals surface area contributed by atoms with Crippen molar-refractivity contribution in [3.63, 3.8) is 0 Å². The number of methoxy groups -OCH3 is 1.